The maximum absolute atomic E-state index is 12.9. The van der Waals surface area contributed by atoms with Gasteiger partial charge in [0.05, 0.1) is 0 Å². The summed E-state index contributed by atoms with van der Waals surface area (Å²) in [5, 5.41) is 0. The maximum Gasteiger partial charge on any atom is 0.455 e. The van der Waals surface area contributed by atoms with E-state index in [1.807, 2.05) is 22.6 Å². The molecule has 1 rings (SSSR count). The van der Waals surface area contributed by atoms with Crippen LogP contribution < -0.4 is 5.73 Å². The first-order chi connectivity index (χ1) is 7.16. The van der Waals surface area contributed by atoms with Crippen molar-refractivity contribution in [3.05, 3.63) is 33.4 Å². The summed E-state index contributed by atoms with van der Waals surface area (Å²) in [5.41, 5.74) is 4.69. The van der Waals surface area contributed by atoms with E-state index in [0.717, 1.165) is 15.7 Å². The number of rotatable bonds is 2. The summed E-state index contributed by atoms with van der Waals surface area (Å²) in [4.78, 5) is 0. The molecule has 90 valence electrons. The Morgan fingerprint density at radius 3 is 1.81 bits per heavy atom. The number of benzene rings is 1. The molecule has 0 aromatic heterocycles. The normalized spacial score (nSPS) is 14.9. The average molecular weight is 351 g/mol. The lowest BCUT2D eigenvalue weighted by Crippen LogP contribution is -2.45. The van der Waals surface area contributed by atoms with Crippen LogP contribution in [0.2, 0.25) is 0 Å². The average Bonchev–Trinajstić information content (AvgIpc) is 2.16. The number of nitrogens with two attached hydrogens (primary N) is 1. The molecule has 0 saturated heterocycles. The van der Waals surface area contributed by atoms with Gasteiger partial charge in [-0.15, -0.1) is 0 Å². The monoisotopic (exact) mass is 351 g/mol. The van der Waals surface area contributed by atoms with Crippen molar-refractivity contribution >= 4 is 22.6 Å². The topological polar surface area (TPSA) is 26.0 Å². The summed E-state index contributed by atoms with van der Waals surface area (Å²) in [6.07, 6.45) is -5.64. The molecule has 0 aliphatic carbocycles. The summed E-state index contributed by atoms with van der Waals surface area (Å²) in [5.74, 6) is -4.93. The molecule has 7 heteroatoms. The van der Waals surface area contributed by atoms with Crippen LogP contribution in [0, 0.1) is 3.57 Å². The smallest absolute Gasteiger partial charge is 0.319 e. The van der Waals surface area contributed by atoms with Gasteiger partial charge in [0.2, 0.25) is 0 Å². The molecule has 0 aliphatic rings. The van der Waals surface area contributed by atoms with Gasteiger partial charge in [0.25, 0.3) is 0 Å². The maximum atomic E-state index is 12.9. The van der Waals surface area contributed by atoms with Crippen LogP contribution in [-0.4, -0.2) is 12.1 Å². The lowest BCUT2D eigenvalue weighted by molar-refractivity contribution is -0.291. The fourth-order valence-electron chi connectivity index (χ4n) is 1.06. The van der Waals surface area contributed by atoms with E-state index in [9.17, 15) is 22.0 Å². The second kappa shape index (κ2) is 4.44. The molecule has 1 nitrogen and oxygen atoms in total. The van der Waals surface area contributed by atoms with Crippen molar-refractivity contribution in [2.45, 2.75) is 18.1 Å². The van der Waals surface area contributed by atoms with Gasteiger partial charge in [-0.05, 0) is 40.3 Å². The molecule has 1 aromatic carbocycles. The zero-order chi connectivity index (χ0) is 12.6. The number of halogens is 6. The molecule has 16 heavy (non-hydrogen) atoms. The molecule has 0 aliphatic heterocycles. The molecular weight excluding hydrogens is 344 g/mol. The fraction of sp³-hybridized carbons (Fsp3) is 0.333. The van der Waals surface area contributed by atoms with E-state index in [2.05, 4.69) is 0 Å². The Morgan fingerprint density at radius 2 is 1.44 bits per heavy atom. The minimum atomic E-state index is -5.64. The predicted molar refractivity (Wildman–Crippen MR) is 57.1 cm³/mol. The zero-order valence-electron chi connectivity index (χ0n) is 7.73. The summed E-state index contributed by atoms with van der Waals surface area (Å²) in [6, 6.07) is 2.77. The third kappa shape index (κ3) is 2.62. The molecule has 0 saturated carbocycles. The molecule has 0 radical (unpaired) electrons. The molecule has 0 amide bonds. The molecule has 1 atom stereocenters. The van der Waals surface area contributed by atoms with E-state index in [0.29, 0.717) is 0 Å². The highest BCUT2D eigenvalue weighted by Gasteiger charge is 2.61. The van der Waals surface area contributed by atoms with E-state index in [1.165, 1.54) is 12.1 Å². The number of hydrogen-bond donors (Lipinski definition) is 1. The Balaban J connectivity index is 3.02. The molecular formula is C9H7F5IN. The van der Waals surface area contributed by atoms with E-state index < -0.39 is 18.1 Å². The van der Waals surface area contributed by atoms with Crippen molar-refractivity contribution in [1.82, 2.24) is 0 Å². The SMILES string of the molecule is N[C@H](c1ccc(I)cc1)C(F)(F)C(F)(F)F. The van der Waals surface area contributed by atoms with Crippen LogP contribution in [0.25, 0.3) is 0 Å². The van der Waals surface area contributed by atoms with Crippen molar-refractivity contribution in [3.8, 4) is 0 Å². The van der Waals surface area contributed by atoms with Gasteiger partial charge in [-0.1, -0.05) is 12.1 Å². The minimum absolute atomic E-state index is 0.247. The van der Waals surface area contributed by atoms with E-state index in [1.54, 1.807) is 0 Å². The second-order valence-corrected chi connectivity index (χ2v) is 4.40. The van der Waals surface area contributed by atoms with Gasteiger partial charge in [0.1, 0.15) is 6.04 Å². The quantitative estimate of drug-likeness (QED) is 0.641. The molecule has 0 spiro atoms. The third-order valence-corrected chi connectivity index (χ3v) is 2.72. The van der Waals surface area contributed by atoms with Crippen LogP contribution in [0.4, 0.5) is 22.0 Å². The Morgan fingerprint density at radius 1 is 1.00 bits per heavy atom. The van der Waals surface area contributed by atoms with Crippen molar-refractivity contribution in [1.29, 1.82) is 0 Å². The van der Waals surface area contributed by atoms with Gasteiger partial charge in [-0.3, -0.25) is 0 Å². The number of alkyl halides is 5. The van der Waals surface area contributed by atoms with E-state index in [-0.39, 0.29) is 5.56 Å². The number of hydrogen-bond acceptors (Lipinski definition) is 1. The van der Waals surface area contributed by atoms with Gasteiger partial charge < -0.3 is 5.73 Å². The first kappa shape index (κ1) is 13.6. The lowest BCUT2D eigenvalue weighted by Gasteiger charge is -2.25. The van der Waals surface area contributed by atoms with Crippen LogP contribution in [0.5, 0.6) is 0 Å². The Hall–Kier alpha value is -0.440. The molecule has 0 fully saturated rings. The molecule has 0 bridgehead atoms. The summed E-state index contributed by atoms with van der Waals surface area (Å²) >= 11 is 1.91. The van der Waals surface area contributed by atoms with Crippen LogP contribution in [0.3, 0.4) is 0 Å². The predicted octanol–water partition coefficient (Wildman–Crippen LogP) is 3.49. The molecule has 2 N–H and O–H groups in total. The van der Waals surface area contributed by atoms with Gasteiger partial charge in [0.15, 0.2) is 0 Å². The highest BCUT2D eigenvalue weighted by Crippen LogP contribution is 2.43. The zero-order valence-corrected chi connectivity index (χ0v) is 9.89. The molecule has 0 heterocycles. The summed E-state index contributed by atoms with van der Waals surface area (Å²) in [6.45, 7) is 0. The van der Waals surface area contributed by atoms with Gasteiger partial charge >= 0.3 is 12.1 Å². The van der Waals surface area contributed by atoms with Crippen LogP contribution in [0.15, 0.2) is 24.3 Å². The van der Waals surface area contributed by atoms with Crippen LogP contribution in [-0.2, 0) is 0 Å². The fourth-order valence-corrected chi connectivity index (χ4v) is 1.42. The van der Waals surface area contributed by atoms with Crippen molar-refractivity contribution < 1.29 is 22.0 Å². The third-order valence-electron chi connectivity index (χ3n) is 2.00. The largest absolute Gasteiger partial charge is 0.455 e. The summed E-state index contributed by atoms with van der Waals surface area (Å²) < 4.78 is 62.5. The Labute approximate surface area is 102 Å². The first-order valence-corrected chi connectivity index (χ1v) is 5.19. The van der Waals surface area contributed by atoms with Crippen LogP contribution in [0.1, 0.15) is 11.6 Å². The van der Waals surface area contributed by atoms with Gasteiger partial charge in [0, 0.05) is 3.57 Å². The minimum Gasteiger partial charge on any atom is -0.319 e. The molecule has 0 unspecified atom stereocenters. The van der Waals surface area contributed by atoms with Gasteiger partial charge in [-0.2, -0.15) is 22.0 Å². The Bertz CT molecular complexity index is 359. The van der Waals surface area contributed by atoms with Crippen LogP contribution >= 0.6 is 22.6 Å². The summed E-state index contributed by atoms with van der Waals surface area (Å²) in [7, 11) is 0. The van der Waals surface area contributed by atoms with Crippen molar-refractivity contribution in [3.63, 3.8) is 0 Å². The van der Waals surface area contributed by atoms with E-state index in [4.69, 9.17) is 5.73 Å². The Kier molecular flexibility index (Phi) is 3.78. The highest BCUT2D eigenvalue weighted by atomic mass is 127. The standard InChI is InChI=1S/C9H7F5IN/c10-8(11,9(12,13)14)7(16)5-1-3-6(15)4-2-5/h1-4,7H,16H2/t7-/m1/s1. The lowest BCUT2D eigenvalue weighted by atomic mass is 10.0. The van der Waals surface area contributed by atoms with E-state index >= 15 is 0 Å². The van der Waals surface area contributed by atoms with Gasteiger partial charge in [-0.25, -0.2) is 0 Å². The first-order valence-electron chi connectivity index (χ1n) is 4.12. The molecule has 1 aromatic rings. The van der Waals surface area contributed by atoms with Crippen molar-refractivity contribution in [2.75, 3.05) is 0 Å². The second-order valence-electron chi connectivity index (χ2n) is 3.15. The van der Waals surface area contributed by atoms with Crippen molar-refractivity contribution in [2.24, 2.45) is 5.73 Å². The highest BCUT2D eigenvalue weighted by molar-refractivity contribution is 14.1.